The zero-order chi connectivity index (χ0) is 16.7. The van der Waals surface area contributed by atoms with E-state index in [1.54, 1.807) is 0 Å². The van der Waals surface area contributed by atoms with E-state index < -0.39 is 5.54 Å². The second-order valence-corrected chi connectivity index (χ2v) is 6.91. The molecule has 2 N–H and O–H groups in total. The van der Waals surface area contributed by atoms with Gasteiger partial charge >= 0.3 is 6.03 Å². The first-order valence-corrected chi connectivity index (χ1v) is 8.38. The normalized spacial score (nSPS) is 25.9. The van der Waals surface area contributed by atoms with Crippen LogP contribution in [0.3, 0.4) is 0 Å². The number of furan rings is 1. The number of urea groups is 1. The number of amides is 3. The standard InChI is InChI=1S/C18H21N3O3/c1-18(16(22)19-17(23)20-18)13-6-8-21(9-7-13)11-14-10-12-4-2-3-5-15(12)24-14/h2-5,10,13H,6-9,11H2,1H3,(H2,19,20,22,23). The SMILES string of the molecule is CC1(C2CCN(Cc3cc4ccccc4o3)CC2)NC(=O)NC1=O. The van der Waals surface area contributed by atoms with Crippen LogP contribution in [0.25, 0.3) is 11.0 Å². The van der Waals surface area contributed by atoms with Crippen molar-refractivity contribution < 1.29 is 14.0 Å². The minimum Gasteiger partial charge on any atom is -0.460 e. The molecule has 3 heterocycles. The van der Waals surface area contributed by atoms with E-state index in [0.717, 1.165) is 49.2 Å². The number of para-hydroxylation sites is 1. The van der Waals surface area contributed by atoms with Gasteiger partial charge in [0, 0.05) is 5.39 Å². The third-order valence-electron chi connectivity index (χ3n) is 5.33. The minimum absolute atomic E-state index is 0.163. The van der Waals surface area contributed by atoms with Crippen LogP contribution < -0.4 is 10.6 Å². The van der Waals surface area contributed by atoms with Gasteiger partial charge in [-0.3, -0.25) is 15.0 Å². The predicted octanol–water partition coefficient (Wildman–Crippen LogP) is 2.24. The molecule has 0 radical (unpaired) electrons. The highest BCUT2D eigenvalue weighted by atomic mass is 16.3. The summed E-state index contributed by atoms with van der Waals surface area (Å²) in [7, 11) is 0. The molecule has 4 rings (SSSR count). The van der Waals surface area contributed by atoms with E-state index in [1.165, 1.54) is 0 Å². The first-order valence-electron chi connectivity index (χ1n) is 8.38. The van der Waals surface area contributed by atoms with Gasteiger partial charge in [0.25, 0.3) is 5.91 Å². The molecular formula is C18H21N3O3. The molecule has 1 atom stereocenters. The van der Waals surface area contributed by atoms with Crippen LogP contribution in [-0.4, -0.2) is 35.5 Å². The lowest BCUT2D eigenvalue weighted by molar-refractivity contribution is -0.126. The summed E-state index contributed by atoms with van der Waals surface area (Å²) in [4.78, 5) is 25.8. The van der Waals surface area contributed by atoms with Crippen molar-refractivity contribution in [3.8, 4) is 0 Å². The Morgan fingerprint density at radius 2 is 2.00 bits per heavy atom. The second kappa shape index (κ2) is 5.63. The largest absolute Gasteiger partial charge is 0.460 e. The quantitative estimate of drug-likeness (QED) is 0.848. The van der Waals surface area contributed by atoms with E-state index in [2.05, 4.69) is 27.7 Å². The number of fused-ring (bicyclic) bond motifs is 1. The van der Waals surface area contributed by atoms with Gasteiger partial charge in [-0.05, 0) is 50.9 Å². The van der Waals surface area contributed by atoms with Crippen molar-refractivity contribution in [1.29, 1.82) is 0 Å². The van der Waals surface area contributed by atoms with Crippen LogP contribution in [0.4, 0.5) is 4.79 Å². The fourth-order valence-corrected chi connectivity index (χ4v) is 3.85. The van der Waals surface area contributed by atoms with Crippen LogP contribution in [0.1, 0.15) is 25.5 Å². The molecule has 2 aliphatic rings. The molecule has 3 amide bonds. The Labute approximate surface area is 140 Å². The molecule has 0 spiro atoms. The van der Waals surface area contributed by atoms with Crippen LogP contribution in [0.5, 0.6) is 0 Å². The van der Waals surface area contributed by atoms with Gasteiger partial charge in [-0.2, -0.15) is 0 Å². The van der Waals surface area contributed by atoms with Crippen LogP contribution in [0, 0.1) is 5.92 Å². The van der Waals surface area contributed by atoms with Crippen molar-refractivity contribution in [2.75, 3.05) is 13.1 Å². The first-order chi connectivity index (χ1) is 11.5. The number of piperidine rings is 1. The maximum atomic E-state index is 12.1. The van der Waals surface area contributed by atoms with E-state index in [9.17, 15) is 9.59 Å². The van der Waals surface area contributed by atoms with Gasteiger partial charge in [0.1, 0.15) is 16.9 Å². The van der Waals surface area contributed by atoms with Gasteiger partial charge in [-0.1, -0.05) is 18.2 Å². The summed E-state index contributed by atoms with van der Waals surface area (Å²) in [6, 6.07) is 9.72. The smallest absolute Gasteiger partial charge is 0.322 e. The molecule has 6 heteroatoms. The minimum atomic E-state index is -0.775. The summed E-state index contributed by atoms with van der Waals surface area (Å²) in [6.45, 7) is 4.38. The summed E-state index contributed by atoms with van der Waals surface area (Å²) in [5.74, 6) is 0.923. The van der Waals surface area contributed by atoms with E-state index in [0.29, 0.717) is 0 Å². The third-order valence-corrected chi connectivity index (χ3v) is 5.33. The summed E-state index contributed by atoms with van der Waals surface area (Å²) in [6.07, 6.45) is 1.76. The van der Waals surface area contributed by atoms with Gasteiger partial charge in [0.2, 0.25) is 0 Å². The molecule has 2 aromatic rings. The average molecular weight is 327 g/mol. The molecule has 24 heavy (non-hydrogen) atoms. The molecule has 1 unspecified atom stereocenters. The number of nitrogens with zero attached hydrogens (tertiary/aromatic N) is 1. The third kappa shape index (κ3) is 2.57. The maximum Gasteiger partial charge on any atom is 0.322 e. The highest BCUT2D eigenvalue weighted by Crippen LogP contribution is 2.31. The number of likely N-dealkylation sites (tertiary alicyclic amines) is 1. The molecule has 126 valence electrons. The summed E-state index contributed by atoms with van der Waals surface area (Å²) < 4.78 is 5.89. The highest BCUT2D eigenvalue weighted by molar-refractivity contribution is 6.06. The molecular weight excluding hydrogens is 306 g/mol. The zero-order valence-corrected chi connectivity index (χ0v) is 13.7. The molecule has 2 fully saturated rings. The molecule has 1 aromatic carbocycles. The van der Waals surface area contributed by atoms with Crippen molar-refractivity contribution in [3.63, 3.8) is 0 Å². The van der Waals surface area contributed by atoms with E-state index in [-0.39, 0.29) is 17.9 Å². The van der Waals surface area contributed by atoms with Gasteiger partial charge < -0.3 is 9.73 Å². The van der Waals surface area contributed by atoms with Gasteiger partial charge in [-0.15, -0.1) is 0 Å². The van der Waals surface area contributed by atoms with E-state index in [4.69, 9.17) is 4.42 Å². The molecule has 0 aliphatic carbocycles. The molecule has 2 saturated heterocycles. The summed E-state index contributed by atoms with van der Waals surface area (Å²) >= 11 is 0. The summed E-state index contributed by atoms with van der Waals surface area (Å²) in [5.41, 5.74) is 0.142. The number of hydrogen-bond donors (Lipinski definition) is 2. The highest BCUT2D eigenvalue weighted by Gasteiger charge is 2.48. The second-order valence-electron chi connectivity index (χ2n) is 6.91. The monoisotopic (exact) mass is 327 g/mol. The summed E-state index contributed by atoms with van der Waals surface area (Å²) in [5, 5.41) is 6.27. The Balaban J connectivity index is 1.39. The van der Waals surface area contributed by atoms with Crippen LogP contribution >= 0.6 is 0 Å². The molecule has 6 nitrogen and oxygen atoms in total. The predicted molar refractivity (Wildman–Crippen MR) is 89.3 cm³/mol. The number of nitrogens with one attached hydrogen (secondary N) is 2. The van der Waals surface area contributed by atoms with Crippen molar-refractivity contribution in [3.05, 3.63) is 36.1 Å². The van der Waals surface area contributed by atoms with Gasteiger partial charge in [0.15, 0.2) is 0 Å². The number of carbonyl (C=O) groups is 2. The average Bonchev–Trinajstić information content (AvgIpc) is 3.08. The number of rotatable bonds is 3. The Morgan fingerprint density at radius 1 is 1.25 bits per heavy atom. The van der Waals surface area contributed by atoms with Crippen molar-refractivity contribution >= 4 is 22.9 Å². The Kier molecular flexibility index (Phi) is 3.57. The van der Waals surface area contributed by atoms with Crippen LogP contribution in [0.2, 0.25) is 0 Å². The van der Waals surface area contributed by atoms with E-state index >= 15 is 0 Å². The lowest BCUT2D eigenvalue weighted by Crippen LogP contribution is -2.53. The van der Waals surface area contributed by atoms with Crippen LogP contribution in [0.15, 0.2) is 34.7 Å². The number of hydrogen-bond acceptors (Lipinski definition) is 4. The molecule has 0 bridgehead atoms. The van der Waals surface area contributed by atoms with Crippen molar-refractivity contribution in [2.45, 2.75) is 31.8 Å². The topological polar surface area (TPSA) is 74.6 Å². The Bertz CT molecular complexity index is 759. The number of imide groups is 1. The fourth-order valence-electron chi connectivity index (χ4n) is 3.85. The molecule has 0 saturated carbocycles. The zero-order valence-electron chi connectivity index (χ0n) is 13.7. The molecule has 1 aromatic heterocycles. The molecule has 2 aliphatic heterocycles. The van der Waals surface area contributed by atoms with Crippen LogP contribution in [-0.2, 0) is 11.3 Å². The van der Waals surface area contributed by atoms with Gasteiger partial charge in [0.05, 0.1) is 6.54 Å². The fraction of sp³-hybridized carbons (Fsp3) is 0.444. The van der Waals surface area contributed by atoms with E-state index in [1.807, 2.05) is 25.1 Å². The Hall–Kier alpha value is -2.34. The van der Waals surface area contributed by atoms with Crippen molar-refractivity contribution in [1.82, 2.24) is 15.5 Å². The first kappa shape index (κ1) is 15.2. The lowest BCUT2D eigenvalue weighted by atomic mass is 9.79. The van der Waals surface area contributed by atoms with Gasteiger partial charge in [-0.25, -0.2) is 4.79 Å². The van der Waals surface area contributed by atoms with Crippen molar-refractivity contribution in [2.24, 2.45) is 5.92 Å². The number of carbonyl (C=O) groups excluding carboxylic acids is 2. The number of benzene rings is 1. The lowest BCUT2D eigenvalue weighted by Gasteiger charge is -2.38. The Morgan fingerprint density at radius 3 is 2.67 bits per heavy atom. The maximum absolute atomic E-state index is 12.1.